The predicted octanol–water partition coefficient (Wildman–Crippen LogP) is -0.578. The molecule has 0 spiro atoms. The zero-order chi connectivity index (χ0) is 29.2. The summed E-state index contributed by atoms with van der Waals surface area (Å²) in [6.07, 6.45) is 1.25. The van der Waals surface area contributed by atoms with Crippen LogP contribution in [-0.2, 0) is 36.8 Å². The van der Waals surface area contributed by atoms with E-state index in [2.05, 4.69) is 20.9 Å². The Kier molecular flexibility index (Phi) is 10.2. The zero-order valence-electron chi connectivity index (χ0n) is 21.6. The average Bonchev–Trinajstić information content (AvgIpc) is 3.33. The largest absolute Gasteiger partial charge is 0.508 e. The van der Waals surface area contributed by atoms with E-state index in [0.717, 1.165) is 10.9 Å². The number of benzene rings is 2. The Morgan fingerprint density at radius 2 is 1.50 bits per heavy atom. The van der Waals surface area contributed by atoms with Gasteiger partial charge in [-0.25, -0.2) is 4.79 Å². The van der Waals surface area contributed by atoms with Crippen LogP contribution in [0.25, 0.3) is 10.9 Å². The Hall–Kier alpha value is -4.91. The second kappa shape index (κ2) is 13.8. The molecular formula is C27H32N6O7. The summed E-state index contributed by atoms with van der Waals surface area (Å²) >= 11 is 0. The molecule has 0 saturated carbocycles. The maximum absolute atomic E-state index is 13.4. The average molecular weight is 553 g/mol. The van der Waals surface area contributed by atoms with Crippen molar-refractivity contribution in [3.63, 3.8) is 0 Å². The van der Waals surface area contributed by atoms with Crippen molar-refractivity contribution < 1.29 is 34.2 Å². The number of aromatic hydroxyl groups is 1. The van der Waals surface area contributed by atoms with Gasteiger partial charge in [0.2, 0.25) is 23.6 Å². The molecule has 3 atom stereocenters. The fourth-order valence-corrected chi connectivity index (χ4v) is 4.15. The quantitative estimate of drug-likeness (QED) is 0.129. The highest BCUT2D eigenvalue weighted by Crippen LogP contribution is 2.19. The minimum atomic E-state index is -1.35. The summed E-state index contributed by atoms with van der Waals surface area (Å²) in [6.45, 7) is -0.406. The van der Waals surface area contributed by atoms with E-state index in [1.807, 2.05) is 24.3 Å². The molecule has 0 aliphatic rings. The molecule has 0 saturated heterocycles. The van der Waals surface area contributed by atoms with E-state index in [9.17, 15) is 34.2 Å². The number of phenolic OH excluding ortho intramolecular Hbond substituents is 1. The molecular weight excluding hydrogens is 520 g/mol. The maximum Gasteiger partial charge on any atom is 0.326 e. The monoisotopic (exact) mass is 552 g/mol. The number of para-hydroxylation sites is 1. The summed E-state index contributed by atoms with van der Waals surface area (Å²) in [4.78, 5) is 65.0. The molecule has 2 aromatic carbocycles. The van der Waals surface area contributed by atoms with E-state index in [0.29, 0.717) is 11.1 Å². The lowest BCUT2D eigenvalue weighted by Gasteiger charge is -2.24. The first-order valence-electron chi connectivity index (χ1n) is 12.5. The van der Waals surface area contributed by atoms with Crippen LogP contribution in [0.5, 0.6) is 5.75 Å². The molecule has 13 heteroatoms. The van der Waals surface area contributed by atoms with Crippen LogP contribution in [0.1, 0.15) is 24.0 Å². The van der Waals surface area contributed by atoms with Crippen molar-refractivity contribution in [3.8, 4) is 5.75 Å². The predicted molar refractivity (Wildman–Crippen MR) is 145 cm³/mol. The lowest BCUT2D eigenvalue weighted by atomic mass is 10.0. The number of carboxylic acids is 1. The van der Waals surface area contributed by atoms with Gasteiger partial charge in [0.05, 0.1) is 6.54 Å². The molecule has 4 amide bonds. The van der Waals surface area contributed by atoms with Gasteiger partial charge in [0.15, 0.2) is 0 Å². The smallest absolute Gasteiger partial charge is 0.326 e. The van der Waals surface area contributed by atoms with Gasteiger partial charge in [0.1, 0.15) is 23.9 Å². The van der Waals surface area contributed by atoms with Gasteiger partial charge in [-0.1, -0.05) is 30.3 Å². The van der Waals surface area contributed by atoms with Crippen molar-refractivity contribution in [2.75, 3.05) is 6.54 Å². The molecule has 3 aromatic rings. The number of rotatable bonds is 14. The SMILES string of the molecule is NCC(=O)NC(CCC(N)=O)C(=O)NC(Cc1c[nH]c2ccccc12)C(=O)NC(Cc1ccc(O)cc1)C(=O)O. The lowest BCUT2D eigenvalue weighted by molar-refractivity contribution is -0.142. The third-order valence-corrected chi connectivity index (χ3v) is 6.24. The summed E-state index contributed by atoms with van der Waals surface area (Å²) in [6, 6.07) is 9.38. The van der Waals surface area contributed by atoms with Crippen LogP contribution in [0.2, 0.25) is 0 Å². The minimum Gasteiger partial charge on any atom is -0.508 e. The van der Waals surface area contributed by atoms with Gasteiger partial charge in [0, 0.05) is 36.4 Å². The Bertz CT molecular complexity index is 1370. The third-order valence-electron chi connectivity index (χ3n) is 6.24. The third kappa shape index (κ3) is 8.30. The van der Waals surface area contributed by atoms with Gasteiger partial charge in [-0.15, -0.1) is 0 Å². The molecule has 1 aromatic heterocycles. The lowest BCUT2D eigenvalue weighted by Crippen LogP contribution is -2.57. The molecule has 3 rings (SSSR count). The zero-order valence-corrected chi connectivity index (χ0v) is 21.6. The molecule has 212 valence electrons. The summed E-state index contributed by atoms with van der Waals surface area (Å²) in [5.41, 5.74) is 12.6. The molecule has 0 fully saturated rings. The number of aromatic amines is 1. The van der Waals surface area contributed by atoms with E-state index in [4.69, 9.17) is 11.5 Å². The van der Waals surface area contributed by atoms with Gasteiger partial charge in [-0.3, -0.25) is 19.2 Å². The number of aromatic nitrogens is 1. The Morgan fingerprint density at radius 1 is 0.850 bits per heavy atom. The topological polar surface area (TPSA) is 230 Å². The minimum absolute atomic E-state index is 0.00813. The van der Waals surface area contributed by atoms with Crippen molar-refractivity contribution in [1.82, 2.24) is 20.9 Å². The van der Waals surface area contributed by atoms with Gasteiger partial charge in [-0.2, -0.15) is 0 Å². The van der Waals surface area contributed by atoms with Gasteiger partial charge in [0.25, 0.3) is 0 Å². The van der Waals surface area contributed by atoms with Crippen LogP contribution in [0.3, 0.4) is 0 Å². The fourth-order valence-electron chi connectivity index (χ4n) is 4.15. The van der Waals surface area contributed by atoms with Crippen molar-refractivity contribution in [2.45, 2.75) is 43.8 Å². The first-order chi connectivity index (χ1) is 19.1. The molecule has 0 aliphatic carbocycles. The number of carboxylic acid groups (broad SMARTS) is 1. The molecule has 0 aliphatic heterocycles. The first-order valence-corrected chi connectivity index (χ1v) is 12.5. The molecule has 10 N–H and O–H groups in total. The number of aliphatic carboxylic acids is 1. The molecule has 3 unspecified atom stereocenters. The van der Waals surface area contributed by atoms with E-state index in [1.165, 1.54) is 24.3 Å². The maximum atomic E-state index is 13.4. The number of H-pyrrole nitrogens is 1. The van der Waals surface area contributed by atoms with Gasteiger partial charge in [-0.05, 0) is 35.7 Å². The standard InChI is InChI=1S/C27H32N6O7/c28-13-24(36)31-20(9-10-23(29)35)25(37)32-21(12-16-14-30-19-4-2-1-3-18(16)19)26(38)33-22(27(39)40)11-15-5-7-17(34)8-6-15/h1-8,14,20-22,30,34H,9-13,28H2,(H2,29,35)(H,31,36)(H,32,37)(H,33,38)(H,39,40). The number of hydrogen-bond donors (Lipinski definition) is 8. The van der Waals surface area contributed by atoms with Crippen LogP contribution >= 0.6 is 0 Å². The van der Waals surface area contributed by atoms with Crippen LogP contribution in [0.15, 0.2) is 54.7 Å². The molecule has 0 radical (unpaired) electrons. The molecule has 13 nitrogen and oxygen atoms in total. The molecule has 0 bridgehead atoms. The van der Waals surface area contributed by atoms with Gasteiger partial charge < -0.3 is 42.6 Å². The van der Waals surface area contributed by atoms with Crippen molar-refractivity contribution >= 4 is 40.5 Å². The number of amides is 4. The van der Waals surface area contributed by atoms with E-state index < -0.39 is 54.3 Å². The van der Waals surface area contributed by atoms with Crippen molar-refractivity contribution in [2.24, 2.45) is 11.5 Å². The van der Waals surface area contributed by atoms with E-state index in [-0.39, 0.29) is 31.4 Å². The van der Waals surface area contributed by atoms with Gasteiger partial charge >= 0.3 is 5.97 Å². The number of carbonyl (C=O) groups excluding carboxylic acids is 4. The second-order valence-electron chi connectivity index (χ2n) is 9.22. The highest BCUT2D eigenvalue weighted by Gasteiger charge is 2.30. The number of nitrogens with two attached hydrogens (primary N) is 2. The van der Waals surface area contributed by atoms with Crippen molar-refractivity contribution in [3.05, 3.63) is 65.9 Å². The summed E-state index contributed by atoms with van der Waals surface area (Å²) in [5.74, 6) is -4.17. The number of primary amides is 1. The molecule has 1 heterocycles. The number of phenols is 1. The Balaban J connectivity index is 1.86. The first kappa shape index (κ1) is 29.6. The number of nitrogens with one attached hydrogen (secondary N) is 4. The van der Waals surface area contributed by atoms with E-state index >= 15 is 0 Å². The highest BCUT2D eigenvalue weighted by atomic mass is 16.4. The summed E-state index contributed by atoms with van der Waals surface area (Å²) in [5, 5.41) is 27.6. The van der Waals surface area contributed by atoms with Crippen LogP contribution < -0.4 is 27.4 Å². The Morgan fingerprint density at radius 3 is 2.15 bits per heavy atom. The fraction of sp³-hybridized carbons (Fsp3) is 0.296. The van der Waals surface area contributed by atoms with Crippen LogP contribution in [0, 0.1) is 0 Å². The van der Waals surface area contributed by atoms with Crippen molar-refractivity contribution in [1.29, 1.82) is 0 Å². The normalized spacial score (nSPS) is 13.1. The Labute approximate surface area is 229 Å². The number of fused-ring (bicyclic) bond motifs is 1. The van der Waals surface area contributed by atoms with Crippen LogP contribution in [0.4, 0.5) is 0 Å². The van der Waals surface area contributed by atoms with E-state index in [1.54, 1.807) is 6.20 Å². The second-order valence-corrected chi connectivity index (χ2v) is 9.22. The summed E-state index contributed by atoms with van der Waals surface area (Å²) in [7, 11) is 0. The van der Waals surface area contributed by atoms with Crippen LogP contribution in [-0.4, -0.2) is 69.5 Å². The number of carbonyl (C=O) groups is 5. The molecule has 40 heavy (non-hydrogen) atoms. The number of hydrogen-bond acceptors (Lipinski definition) is 7. The summed E-state index contributed by atoms with van der Waals surface area (Å²) < 4.78 is 0. The highest BCUT2D eigenvalue weighted by molar-refractivity contribution is 5.94.